The van der Waals surface area contributed by atoms with E-state index in [4.69, 9.17) is 23.7 Å². The lowest BCUT2D eigenvalue weighted by molar-refractivity contribution is -0.301. The molecule has 1 saturated heterocycles. The molecule has 3 N–H and O–H groups in total. The van der Waals surface area contributed by atoms with Crippen molar-refractivity contribution in [1.29, 1.82) is 0 Å². The minimum absolute atomic E-state index is 0.0516. The molecule has 1 rings (SSSR count). The molecule has 6 atom stereocenters. The Morgan fingerprint density at radius 1 is 0.398 bits per heavy atom. The minimum atomic E-state index is -1.91. The van der Waals surface area contributed by atoms with E-state index in [1.807, 2.05) is 0 Å². The molecule has 0 aliphatic carbocycles. The van der Waals surface area contributed by atoms with Gasteiger partial charge in [-0.25, -0.2) is 4.79 Å². The van der Waals surface area contributed by atoms with Crippen LogP contribution in [-0.4, -0.2) is 89.2 Å². The van der Waals surface area contributed by atoms with E-state index in [9.17, 15) is 34.5 Å². The third kappa shape index (κ3) is 48.5. The molecule has 0 aromatic rings. The highest BCUT2D eigenvalue weighted by Gasteiger charge is 2.50. The Kier molecular flexibility index (Phi) is 55.3. The molecule has 0 aromatic carbocycles. The van der Waals surface area contributed by atoms with Gasteiger partial charge in [0.1, 0.15) is 18.8 Å². The van der Waals surface area contributed by atoms with Crippen LogP contribution in [-0.2, 0) is 42.9 Å². The second kappa shape index (κ2) is 59.0. The Balaban J connectivity index is 2.64. The highest BCUT2D eigenvalue weighted by atomic mass is 16.7. The molecule has 0 saturated carbocycles. The molecule has 1 aliphatic heterocycles. The fraction of sp³-hybridized carbons (Fsp3) is 0.831. The van der Waals surface area contributed by atoms with Gasteiger partial charge in [0.15, 0.2) is 24.6 Å². The van der Waals surface area contributed by atoms with Gasteiger partial charge in [-0.15, -0.1) is 0 Å². The van der Waals surface area contributed by atoms with Gasteiger partial charge in [0, 0.05) is 19.3 Å². The Morgan fingerprint density at radius 2 is 0.723 bits per heavy atom. The predicted molar refractivity (Wildman–Crippen MR) is 340 cm³/mol. The number of aliphatic hydroxyl groups is 2. The Morgan fingerprint density at radius 3 is 1.13 bits per heavy atom. The first-order valence-electron chi connectivity index (χ1n) is 34.6. The number of carbonyl (C=O) groups excluding carboxylic acids is 3. The zero-order chi connectivity index (χ0) is 60.3. The molecule has 12 nitrogen and oxygen atoms in total. The van der Waals surface area contributed by atoms with Crippen molar-refractivity contribution < 1.29 is 58.2 Å². The van der Waals surface area contributed by atoms with E-state index in [2.05, 4.69) is 69.4 Å². The van der Waals surface area contributed by atoms with Crippen LogP contribution in [0.4, 0.5) is 0 Å². The zero-order valence-corrected chi connectivity index (χ0v) is 53.5. The monoisotopic (exact) mass is 1170 g/mol. The number of hydrogen-bond acceptors (Lipinski definition) is 11. The molecule has 0 spiro atoms. The second-order valence-electron chi connectivity index (χ2n) is 23.8. The Bertz CT molecular complexity index is 1630. The summed E-state index contributed by atoms with van der Waals surface area (Å²) in [6.45, 7) is 6.01. The summed E-state index contributed by atoms with van der Waals surface area (Å²) in [5.74, 6) is -3.11. The van der Waals surface area contributed by atoms with Crippen molar-refractivity contribution in [3.05, 3.63) is 48.6 Å². The average Bonchev–Trinajstić information content (AvgIpc) is 3.58. The number of hydrogen-bond donors (Lipinski definition) is 3. The van der Waals surface area contributed by atoms with E-state index in [-0.39, 0.29) is 25.9 Å². The quantitative estimate of drug-likeness (QED) is 0.0228. The highest BCUT2D eigenvalue weighted by molar-refractivity contribution is 5.74. The standard InChI is InChI=1S/C71H126O12/c1-4-7-10-13-16-19-22-25-28-30-32-34-37-39-42-45-48-51-54-57-63(72)79-60-62(81-64(73)58-55-52-49-46-43-41-38-35-33-31-29-26-23-20-17-14-11-8-5-2)61-80-71-69(67(76)66(75)68(83-71)70(77)78)82-65(74)59-56-53-50-47-44-40-36-27-24-21-18-15-12-9-6-3/h16,19,25,27-28,32,34,36,62,66-69,71,75-76H,4-15,17-18,20-24,26,29-31,33,35,37-61H2,1-3H3,(H,77,78)/b19-16-,28-25-,34-32-,36-27-. The number of carboxylic acid groups (broad SMARTS) is 1. The summed E-state index contributed by atoms with van der Waals surface area (Å²) in [6, 6.07) is 0. The molecule has 0 amide bonds. The Labute approximate surface area is 507 Å². The number of allylic oxidation sites excluding steroid dienone is 8. The van der Waals surface area contributed by atoms with Crippen molar-refractivity contribution in [2.45, 2.75) is 366 Å². The molecular weight excluding hydrogens is 1040 g/mol. The van der Waals surface area contributed by atoms with Gasteiger partial charge in [0.25, 0.3) is 0 Å². The lowest BCUT2D eigenvalue weighted by atomic mass is 9.98. The summed E-state index contributed by atoms with van der Waals surface area (Å²) >= 11 is 0. The van der Waals surface area contributed by atoms with E-state index in [0.29, 0.717) is 19.3 Å². The molecule has 83 heavy (non-hydrogen) atoms. The van der Waals surface area contributed by atoms with Gasteiger partial charge in [-0.05, 0) is 83.5 Å². The number of rotatable bonds is 60. The fourth-order valence-electron chi connectivity index (χ4n) is 10.5. The van der Waals surface area contributed by atoms with Gasteiger partial charge in [-0.3, -0.25) is 14.4 Å². The maximum absolute atomic E-state index is 13.2. The summed E-state index contributed by atoms with van der Waals surface area (Å²) in [4.78, 5) is 51.4. The smallest absolute Gasteiger partial charge is 0.335 e. The molecule has 1 heterocycles. The van der Waals surface area contributed by atoms with Crippen LogP contribution in [0.2, 0.25) is 0 Å². The summed E-state index contributed by atoms with van der Waals surface area (Å²) in [7, 11) is 0. The van der Waals surface area contributed by atoms with Crippen LogP contribution < -0.4 is 0 Å². The number of carboxylic acids is 1. The number of carbonyl (C=O) groups is 4. The molecule has 12 heteroatoms. The molecule has 0 aromatic heterocycles. The summed E-state index contributed by atoms with van der Waals surface area (Å²) < 4.78 is 28.6. The van der Waals surface area contributed by atoms with Gasteiger partial charge >= 0.3 is 23.9 Å². The third-order valence-corrected chi connectivity index (χ3v) is 15.9. The number of aliphatic carboxylic acids is 1. The van der Waals surface area contributed by atoms with E-state index in [1.54, 1.807) is 0 Å². The molecule has 0 bridgehead atoms. The van der Waals surface area contributed by atoms with Crippen molar-refractivity contribution in [3.63, 3.8) is 0 Å². The van der Waals surface area contributed by atoms with Crippen LogP contribution in [0.15, 0.2) is 48.6 Å². The molecule has 482 valence electrons. The fourth-order valence-corrected chi connectivity index (χ4v) is 10.5. The number of aliphatic hydroxyl groups excluding tert-OH is 2. The van der Waals surface area contributed by atoms with Gasteiger partial charge in [-0.1, -0.05) is 275 Å². The molecule has 1 fully saturated rings. The maximum Gasteiger partial charge on any atom is 0.335 e. The first kappa shape index (κ1) is 77.7. The first-order chi connectivity index (χ1) is 40.6. The van der Waals surface area contributed by atoms with E-state index in [0.717, 1.165) is 109 Å². The van der Waals surface area contributed by atoms with Gasteiger partial charge < -0.3 is 39.0 Å². The molecule has 1 aliphatic rings. The van der Waals surface area contributed by atoms with Gasteiger partial charge in [0.05, 0.1) is 6.61 Å². The van der Waals surface area contributed by atoms with Crippen LogP contribution in [0.1, 0.15) is 329 Å². The van der Waals surface area contributed by atoms with Gasteiger partial charge in [-0.2, -0.15) is 0 Å². The van der Waals surface area contributed by atoms with Crippen molar-refractivity contribution in [2.75, 3.05) is 13.2 Å². The average molecular weight is 1170 g/mol. The van der Waals surface area contributed by atoms with Crippen molar-refractivity contribution >= 4 is 23.9 Å². The first-order valence-corrected chi connectivity index (χ1v) is 34.6. The largest absolute Gasteiger partial charge is 0.479 e. The van der Waals surface area contributed by atoms with E-state index in [1.165, 1.54) is 161 Å². The number of ether oxygens (including phenoxy) is 5. The second-order valence-corrected chi connectivity index (χ2v) is 23.8. The van der Waals surface area contributed by atoms with Crippen LogP contribution in [0.25, 0.3) is 0 Å². The number of esters is 3. The predicted octanol–water partition coefficient (Wildman–Crippen LogP) is 18.9. The SMILES string of the molecule is CCCCC/C=C\C/C=C\C/C=C\CCCCCCCCC(=O)OCC(COC1OC(C(=O)O)C(O)C(O)C1OC(=O)CCCCCCC/C=C\CCCCCCCC)OC(=O)CCCCCCCCCCCCCCCCCCCCC. The normalized spacial score (nSPS) is 17.8. The van der Waals surface area contributed by atoms with Crippen LogP contribution in [0.3, 0.4) is 0 Å². The topological polar surface area (TPSA) is 175 Å². The lowest BCUT2D eigenvalue weighted by Crippen LogP contribution is -2.61. The highest BCUT2D eigenvalue weighted by Crippen LogP contribution is 2.27. The molecular formula is C71H126O12. The minimum Gasteiger partial charge on any atom is -0.479 e. The van der Waals surface area contributed by atoms with Crippen molar-refractivity contribution in [1.82, 2.24) is 0 Å². The molecule has 6 unspecified atom stereocenters. The van der Waals surface area contributed by atoms with Gasteiger partial charge in [0.2, 0.25) is 0 Å². The van der Waals surface area contributed by atoms with E-state index >= 15 is 0 Å². The number of unbranched alkanes of at least 4 members (excludes halogenated alkanes) is 38. The summed E-state index contributed by atoms with van der Waals surface area (Å²) in [6.07, 6.45) is 60.6. The maximum atomic E-state index is 13.2. The van der Waals surface area contributed by atoms with Crippen LogP contribution >= 0.6 is 0 Å². The summed E-state index contributed by atoms with van der Waals surface area (Å²) in [5, 5.41) is 31.6. The van der Waals surface area contributed by atoms with Crippen LogP contribution in [0.5, 0.6) is 0 Å². The van der Waals surface area contributed by atoms with Crippen LogP contribution in [0, 0.1) is 0 Å². The zero-order valence-electron chi connectivity index (χ0n) is 53.5. The van der Waals surface area contributed by atoms with Crippen molar-refractivity contribution in [3.8, 4) is 0 Å². The lowest BCUT2D eigenvalue weighted by Gasteiger charge is -2.40. The molecule has 0 radical (unpaired) electrons. The Hall–Kier alpha value is -3.32. The van der Waals surface area contributed by atoms with E-state index < -0.39 is 67.3 Å². The third-order valence-electron chi connectivity index (χ3n) is 15.9. The summed E-state index contributed by atoms with van der Waals surface area (Å²) in [5.41, 5.74) is 0. The van der Waals surface area contributed by atoms with Crippen molar-refractivity contribution in [2.24, 2.45) is 0 Å².